The molecule has 0 spiro atoms. The van der Waals surface area contributed by atoms with Crippen molar-refractivity contribution in [3.8, 4) is 5.75 Å². The average molecular weight is 705 g/mol. The molecule has 0 unspecified atom stereocenters. The summed E-state index contributed by atoms with van der Waals surface area (Å²) in [5.41, 5.74) is 9.49. The van der Waals surface area contributed by atoms with Crippen molar-refractivity contribution >= 4 is 38.9 Å². The highest BCUT2D eigenvalue weighted by molar-refractivity contribution is 7.92. The van der Waals surface area contributed by atoms with Crippen molar-refractivity contribution in [3.05, 3.63) is 94.9 Å². The predicted octanol–water partition coefficient (Wildman–Crippen LogP) is 4.21. The number of nitrogens with zero attached hydrogens (tertiary/aromatic N) is 3. The first-order valence-corrected chi connectivity index (χ1v) is 17.8. The molecule has 2 heterocycles. The predicted molar refractivity (Wildman–Crippen MR) is 190 cm³/mol. The molecule has 266 valence electrons. The summed E-state index contributed by atoms with van der Waals surface area (Å²) in [6.07, 6.45) is -0.420. The Bertz CT molecular complexity index is 1930. The van der Waals surface area contributed by atoms with E-state index in [1.807, 2.05) is 26.1 Å². The van der Waals surface area contributed by atoms with E-state index in [0.29, 0.717) is 47.9 Å². The maximum atomic E-state index is 13.6. The second-order valence-corrected chi connectivity index (χ2v) is 14.5. The Kier molecular flexibility index (Phi) is 11.1. The minimum atomic E-state index is -4.02. The van der Waals surface area contributed by atoms with Gasteiger partial charge in [-0.25, -0.2) is 8.42 Å². The van der Waals surface area contributed by atoms with Gasteiger partial charge in [0.2, 0.25) is 5.91 Å². The summed E-state index contributed by atoms with van der Waals surface area (Å²) in [7, 11) is -2.05. The summed E-state index contributed by atoms with van der Waals surface area (Å²) in [4.78, 5) is 30.1. The first-order valence-electron chi connectivity index (χ1n) is 16.3. The molecule has 13 nitrogen and oxygen atoms in total. The van der Waals surface area contributed by atoms with Crippen molar-refractivity contribution in [1.82, 2.24) is 15.0 Å². The van der Waals surface area contributed by atoms with Gasteiger partial charge in [-0.2, -0.15) is 0 Å². The number of fused-ring (bicyclic) bond motifs is 1. The average Bonchev–Trinajstić information content (AvgIpc) is 3.44. The zero-order chi connectivity index (χ0) is 36.2. The maximum Gasteiger partial charge on any atom is 0.267 e. The van der Waals surface area contributed by atoms with E-state index in [1.165, 1.54) is 6.92 Å². The van der Waals surface area contributed by atoms with Gasteiger partial charge < -0.3 is 30.3 Å². The van der Waals surface area contributed by atoms with Crippen molar-refractivity contribution < 1.29 is 32.4 Å². The minimum Gasteiger partial charge on any atom is -0.488 e. The van der Waals surface area contributed by atoms with Crippen LogP contribution in [0.4, 0.5) is 17.1 Å². The lowest BCUT2D eigenvalue weighted by Gasteiger charge is -2.34. The summed E-state index contributed by atoms with van der Waals surface area (Å²) < 4.78 is 40.7. The largest absolute Gasteiger partial charge is 0.488 e. The Morgan fingerprint density at radius 3 is 2.52 bits per heavy atom. The molecular weight excluding hydrogens is 660 g/mol. The number of hydrogen-bond donors (Lipinski definition) is 4. The fourth-order valence-corrected chi connectivity index (χ4v) is 7.41. The van der Waals surface area contributed by atoms with E-state index in [4.69, 9.17) is 15.0 Å². The molecule has 14 heteroatoms. The highest BCUT2D eigenvalue weighted by Crippen LogP contribution is 2.31. The molecule has 2 amide bonds. The summed E-state index contributed by atoms with van der Waals surface area (Å²) in [5.74, 6) is 0.0422. The molecule has 0 bridgehead atoms. The van der Waals surface area contributed by atoms with Crippen molar-refractivity contribution in [2.45, 2.75) is 57.7 Å². The van der Waals surface area contributed by atoms with Crippen LogP contribution in [-0.4, -0.2) is 79.2 Å². The van der Waals surface area contributed by atoms with Gasteiger partial charge in [-0.1, -0.05) is 36.3 Å². The molecule has 1 aliphatic heterocycles. The normalized spacial score (nSPS) is 17.3. The van der Waals surface area contributed by atoms with Crippen molar-refractivity contribution in [3.63, 3.8) is 0 Å². The van der Waals surface area contributed by atoms with Crippen LogP contribution in [0.2, 0.25) is 0 Å². The lowest BCUT2D eigenvalue weighted by Crippen LogP contribution is -2.47. The van der Waals surface area contributed by atoms with Gasteiger partial charge in [0, 0.05) is 42.4 Å². The zero-order valence-corrected chi connectivity index (χ0v) is 29.7. The van der Waals surface area contributed by atoms with Crippen LogP contribution < -0.4 is 20.5 Å². The van der Waals surface area contributed by atoms with Crippen molar-refractivity contribution in [1.29, 1.82) is 0 Å². The fraction of sp³-hybridized carbons (Fsp3) is 0.361. The number of aliphatic hydroxyl groups is 1. The van der Waals surface area contributed by atoms with Gasteiger partial charge in [0.05, 0.1) is 30.4 Å². The molecule has 1 aromatic heterocycles. The Balaban J connectivity index is 1.34. The van der Waals surface area contributed by atoms with Crippen LogP contribution in [0, 0.1) is 19.8 Å². The first kappa shape index (κ1) is 36.4. The second-order valence-electron chi connectivity index (χ2n) is 12.9. The number of aliphatic hydroxyl groups excluding tert-OH is 1. The molecule has 50 heavy (non-hydrogen) atoms. The van der Waals surface area contributed by atoms with Crippen molar-refractivity contribution in [2.24, 2.45) is 5.92 Å². The number of rotatable bonds is 11. The van der Waals surface area contributed by atoms with Crippen molar-refractivity contribution in [2.75, 3.05) is 42.5 Å². The van der Waals surface area contributed by atoms with Crippen LogP contribution in [-0.2, 0) is 27.8 Å². The summed E-state index contributed by atoms with van der Waals surface area (Å²) in [5, 5.41) is 16.6. The Labute approximate surface area is 292 Å². The highest BCUT2D eigenvalue weighted by atomic mass is 32.2. The zero-order valence-electron chi connectivity index (χ0n) is 28.8. The SMILES string of the molecule is Cc1noc(C)c1S(=O)(=O)Nc1ccc2c(c1)CC(=O)N([C@@H](C)CO)C[C@H](C)[C@H](CN(C)Cc1ccc(C(=O)Nc3ccccc3N)cc1)O2. The third-order valence-electron chi connectivity index (χ3n) is 8.77. The van der Waals surface area contributed by atoms with Gasteiger partial charge in [0.25, 0.3) is 15.9 Å². The Morgan fingerprint density at radius 2 is 1.86 bits per heavy atom. The third kappa shape index (κ3) is 8.44. The number of amides is 2. The molecule has 0 fully saturated rings. The number of benzene rings is 3. The number of ether oxygens (including phenoxy) is 1. The molecule has 4 aromatic rings. The number of hydrogen-bond acceptors (Lipinski definition) is 10. The van der Waals surface area contributed by atoms with E-state index in [9.17, 15) is 23.1 Å². The van der Waals surface area contributed by atoms with Crippen LogP contribution in [0.15, 0.2) is 76.1 Å². The topological polar surface area (TPSA) is 180 Å². The Hall–Kier alpha value is -4.92. The van der Waals surface area contributed by atoms with E-state index in [2.05, 4.69) is 20.1 Å². The van der Waals surface area contributed by atoms with Gasteiger partial charge in [-0.05, 0) is 75.8 Å². The van der Waals surface area contributed by atoms with Crippen LogP contribution in [0.3, 0.4) is 0 Å². The smallest absolute Gasteiger partial charge is 0.267 e. The molecule has 5 rings (SSSR count). The quantitative estimate of drug-likeness (QED) is 0.165. The van der Waals surface area contributed by atoms with E-state index in [0.717, 1.165) is 5.56 Å². The molecule has 0 saturated heterocycles. The van der Waals surface area contributed by atoms with Crippen LogP contribution in [0.25, 0.3) is 0 Å². The van der Waals surface area contributed by atoms with Gasteiger partial charge in [0.15, 0.2) is 10.7 Å². The molecule has 1 aliphatic rings. The summed E-state index contributed by atoms with van der Waals surface area (Å²) in [6, 6.07) is 18.9. The fourth-order valence-electron chi connectivity index (χ4n) is 6.03. The lowest BCUT2D eigenvalue weighted by atomic mass is 10.0. The van der Waals surface area contributed by atoms with Gasteiger partial charge in [-0.3, -0.25) is 19.2 Å². The minimum absolute atomic E-state index is 0.0384. The number of nitrogens with two attached hydrogens (primary N) is 1. The van der Waals surface area contributed by atoms with E-state index < -0.39 is 16.1 Å². The first-order chi connectivity index (χ1) is 23.7. The maximum absolute atomic E-state index is 13.6. The molecule has 5 N–H and O–H groups in total. The number of anilines is 3. The van der Waals surface area contributed by atoms with E-state index in [1.54, 1.807) is 73.3 Å². The summed E-state index contributed by atoms with van der Waals surface area (Å²) >= 11 is 0. The van der Waals surface area contributed by atoms with Crippen LogP contribution in [0.1, 0.15) is 46.8 Å². The molecule has 0 saturated carbocycles. The standard InChI is InChI=1S/C36H44N6O7S/c1-22-18-42(23(2)21-43)34(44)17-28-16-29(40-50(46,47)35-24(3)39-49-25(35)4)14-15-32(28)48-33(22)20-41(5)19-26-10-12-27(13-11-26)36(45)38-31-9-7-6-8-30(31)37/h6-16,22-23,33,40,43H,17-21,37H2,1-5H3,(H,38,45)/t22-,23-,33-/m0/s1. The van der Waals surface area contributed by atoms with E-state index >= 15 is 0 Å². The third-order valence-corrected chi connectivity index (χ3v) is 10.4. The van der Waals surface area contributed by atoms with E-state index in [-0.39, 0.29) is 58.9 Å². The van der Waals surface area contributed by atoms with Crippen LogP contribution in [0.5, 0.6) is 5.75 Å². The number of sulfonamides is 1. The number of nitrogen functional groups attached to an aromatic ring is 1. The number of aryl methyl sites for hydroxylation is 2. The number of carbonyl (C=O) groups excluding carboxylic acids is 2. The summed E-state index contributed by atoms with van der Waals surface area (Å²) in [6.45, 7) is 8.07. The number of likely N-dealkylation sites (N-methyl/N-ethyl adjacent to an activating group) is 1. The number of carbonyl (C=O) groups is 2. The highest BCUT2D eigenvalue weighted by Gasteiger charge is 2.32. The van der Waals surface area contributed by atoms with Gasteiger partial charge >= 0.3 is 0 Å². The number of para-hydroxylation sites is 2. The number of aromatic nitrogens is 1. The van der Waals surface area contributed by atoms with Gasteiger partial charge in [-0.15, -0.1) is 0 Å². The lowest BCUT2D eigenvalue weighted by molar-refractivity contribution is -0.134. The molecule has 3 atom stereocenters. The molecule has 0 aliphatic carbocycles. The van der Waals surface area contributed by atoms with Crippen LogP contribution >= 0.6 is 0 Å². The molecular formula is C36H44N6O7S. The number of nitrogens with one attached hydrogen (secondary N) is 2. The Morgan fingerprint density at radius 1 is 1.14 bits per heavy atom. The second kappa shape index (κ2) is 15.3. The van der Waals surface area contributed by atoms with Gasteiger partial charge in [0.1, 0.15) is 17.5 Å². The monoisotopic (exact) mass is 704 g/mol. The molecule has 3 aromatic carbocycles. The molecule has 0 radical (unpaired) electrons.